The normalized spacial score (nSPS) is 10.1. The van der Waals surface area contributed by atoms with Crippen LogP contribution in [0.1, 0.15) is 10.4 Å². The van der Waals surface area contributed by atoms with Crippen LogP contribution in [0.5, 0.6) is 0 Å². The summed E-state index contributed by atoms with van der Waals surface area (Å²) < 4.78 is 13.4. The van der Waals surface area contributed by atoms with Crippen molar-refractivity contribution >= 4 is 17.6 Å². The van der Waals surface area contributed by atoms with Crippen molar-refractivity contribution in [1.82, 2.24) is 0 Å². The van der Waals surface area contributed by atoms with Gasteiger partial charge in [0.1, 0.15) is 12.1 Å². The van der Waals surface area contributed by atoms with E-state index in [1.165, 1.54) is 23.5 Å². The molecule has 1 aromatic heterocycles. The zero-order valence-corrected chi connectivity index (χ0v) is 8.05. The van der Waals surface area contributed by atoms with Crippen molar-refractivity contribution in [3.63, 3.8) is 0 Å². The highest BCUT2D eigenvalue weighted by molar-refractivity contribution is 7.08. The summed E-state index contributed by atoms with van der Waals surface area (Å²) in [4.78, 5) is 10.5. The Hall–Kier alpha value is -1.48. The molecule has 0 atom stereocenters. The highest BCUT2D eigenvalue weighted by atomic mass is 32.1. The molecule has 3 heteroatoms. The Morgan fingerprint density at radius 2 is 2.14 bits per heavy atom. The van der Waals surface area contributed by atoms with Crippen molar-refractivity contribution in [3.8, 4) is 11.1 Å². The lowest BCUT2D eigenvalue weighted by Crippen LogP contribution is -1.86. The van der Waals surface area contributed by atoms with Gasteiger partial charge < -0.3 is 0 Å². The van der Waals surface area contributed by atoms with Crippen molar-refractivity contribution in [2.75, 3.05) is 0 Å². The van der Waals surface area contributed by atoms with E-state index in [1.54, 1.807) is 6.07 Å². The molecule has 1 heterocycles. The Morgan fingerprint density at radius 3 is 2.79 bits per heavy atom. The van der Waals surface area contributed by atoms with Crippen molar-refractivity contribution in [3.05, 3.63) is 46.4 Å². The third-order valence-electron chi connectivity index (χ3n) is 1.96. The molecular weight excluding hydrogens is 199 g/mol. The molecule has 0 aliphatic rings. The first kappa shape index (κ1) is 9.09. The maximum atomic E-state index is 13.4. The molecule has 0 fully saturated rings. The number of rotatable bonds is 2. The first-order valence-electron chi connectivity index (χ1n) is 4.08. The van der Waals surface area contributed by atoms with Crippen molar-refractivity contribution in [2.45, 2.75) is 0 Å². The average Bonchev–Trinajstić information content (AvgIpc) is 2.71. The van der Waals surface area contributed by atoms with Crippen LogP contribution < -0.4 is 0 Å². The van der Waals surface area contributed by atoms with Gasteiger partial charge in [0.25, 0.3) is 0 Å². The van der Waals surface area contributed by atoms with E-state index in [9.17, 15) is 9.18 Å². The van der Waals surface area contributed by atoms with E-state index >= 15 is 0 Å². The number of halogens is 1. The van der Waals surface area contributed by atoms with Gasteiger partial charge in [-0.1, -0.05) is 0 Å². The molecular formula is C11H7FOS. The molecule has 0 amide bonds. The fourth-order valence-electron chi connectivity index (χ4n) is 1.26. The number of thiophene rings is 1. The van der Waals surface area contributed by atoms with Gasteiger partial charge in [0.2, 0.25) is 0 Å². The smallest absolute Gasteiger partial charge is 0.150 e. The van der Waals surface area contributed by atoms with Gasteiger partial charge in [-0.05, 0) is 40.6 Å². The molecule has 0 aliphatic carbocycles. The summed E-state index contributed by atoms with van der Waals surface area (Å²) in [6, 6.07) is 6.18. The second-order valence-corrected chi connectivity index (χ2v) is 3.65. The predicted octanol–water partition coefficient (Wildman–Crippen LogP) is 3.37. The minimum atomic E-state index is -0.297. The standard InChI is InChI=1S/C11H7FOS/c12-11-2-1-8(6-13)5-10(11)9-3-4-14-7-9/h1-7H. The summed E-state index contributed by atoms with van der Waals surface area (Å²) in [5, 5.41) is 3.73. The second kappa shape index (κ2) is 3.72. The van der Waals surface area contributed by atoms with Crippen molar-refractivity contribution in [2.24, 2.45) is 0 Å². The summed E-state index contributed by atoms with van der Waals surface area (Å²) in [5.41, 5.74) is 1.79. The Morgan fingerprint density at radius 1 is 1.29 bits per heavy atom. The van der Waals surface area contributed by atoms with Gasteiger partial charge in [-0.3, -0.25) is 4.79 Å². The third kappa shape index (κ3) is 1.59. The monoisotopic (exact) mass is 206 g/mol. The molecule has 0 saturated carbocycles. The second-order valence-electron chi connectivity index (χ2n) is 2.87. The van der Waals surface area contributed by atoms with Gasteiger partial charge in [-0.15, -0.1) is 0 Å². The van der Waals surface area contributed by atoms with Gasteiger partial charge in [-0.25, -0.2) is 4.39 Å². The first-order valence-corrected chi connectivity index (χ1v) is 5.03. The molecule has 0 saturated heterocycles. The van der Waals surface area contributed by atoms with E-state index in [4.69, 9.17) is 0 Å². The topological polar surface area (TPSA) is 17.1 Å². The third-order valence-corrected chi connectivity index (χ3v) is 2.64. The van der Waals surface area contributed by atoms with Gasteiger partial charge in [0, 0.05) is 11.1 Å². The van der Waals surface area contributed by atoms with Crippen LogP contribution in [0, 0.1) is 5.82 Å². The largest absolute Gasteiger partial charge is 0.298 e. The lowest BCUT2D eigenvalue weighted by molar-refractivity contribution is 0.112. The number of aldehydes is 1. The van der Waals surface area contributed by atoms with E-state index < -0.39 is 0 Å². The highest BCUT2D eigenvalue weighted by Gasteiger charge is 2.05. The molecule has 14 heavy (non-hydrogen) atoms. The number of carbonyl (C=O) groups excluding carboxylic acids is 1. The van der Waals surface area contributed by atoms with Crippen LogP contribution in [0.3, 0.4) is 0 Å². The lowest BCUT2D eigenvalue weighted by atomic mass is 10.1. The molecule has 0 spiro atoms. The number of hydrogen-bond donors (Lipinski definition) is 0. The quantitative estimate of drug-likeness (QED) is 0.688. The van der Waals surface area contributed by atoms with E-state index in [0.29, 0.717) is 11.1 Å². The SMILES string of the molecule is O=Cc1ccc(F)c(-c2ccsc2)c1. The average molecular weight is 206 g/mol. The zero-order chi connectivity index (χ0) is 9.97. The summed E-state index contributed by atoms with van der Waals surface area (Å²) in [7, 11) is 0. The molecule has 1 nitrogen and oxygen atoms in total. The Labute approximate surface area is 84.8 Å². The molecule has 2 aromatic rings. The first-order chi connectivity index (χ1) is 6.81. The summed E-state index contributed by atoms with van der Waals surface area (Å²) in [6.07, 6.45) is 0.718. The van der Waals surface area contributed by atoms with Gasteiger partial charge in [-0.2, -0.15) is 11.3 Å². The van der Waals surface area contributed by atoms with E-state index in [1.807, 2.05) is 16.8 Å². The predicted molar refractivity (Wildman–Crippen MR) is 55.1 cm³/mol. The Bertz CT molecular complexity index is 448. The van der Waals surface area contributed by atoms with Gasteiger partial charge in [0.05, 0.1) is 0 Å². The summed E-state index contributed by atoms with van der Waals surface area (Å²) in [6.45, 7) is 0. The van der Waals surface area contributed by atoms with E-state index in [-0.39, 0.29) is 5.82 Å². The molecule has 0 N–H and O–H groups in total. The Kier molecular flexibility index (Phi) is 2.41. The lowest BCUT2D eigenvalue weighted by Gasteiger charge is -2.00. The van der Waals surface area contributed by atoms with E-state index in [0.717, 1.165) is 11.8 Å². The number of carbonyl (C=O) groups is 1. The summed E-state index contributed by atoms with van der Waals surface area (Å²) >= 11 is 1.50. The highest BCUT2D eigenvalue weighted by Crippen LogP contribution is 2.25. The molecule has 1 aromatic carbocycles. The van der Waals surface area contributed by atoms with E-state index in [2.05, 4.69) is 0 Å². The van der Waals surface area contributed by atoms with Crippen LogP contribution in [-0.4, -0.2) is 6.29 Å². The van der Waals surface area contributed by atoms with Crippen LogP contribution in [-0.2, 0) is 0 Å². The van der Waals surface area contributed by atoms with Crippen LogP contribution in [0.15, 0.2) is 35.0 Å². The van der Waals surface area contributed by atoms with Crippen LogP contribution >= 0.6 is 11.3 Å². The molecule has 0 radical (unpaired) electrons. The molecule has 0 aliphatic heterocycles. The van der Waals surface area contributed by atoms with Crippen molar-refractivity contribution in [1.29, 1.82) is 0 Å². The molecule has 0 bridgehead atoms. The number of hydrogen-bond acceptors (Lipinski definition) is 2. The van der Waals surface area contributed by atoms with Crippen molar-refractivity contribution < 1.29 is 9.18 Å². The summed E-state index contributed by atoms with van der Waals surface area (Å²) in [5.74, 6) is -0.297. The van der Waals surface area contributed by atoms with Crippen LogP contribution in [0.2, 0.25) is 0 Å². The fraction of sp³-hybridized carbons (Fsp3) is 0. The fourth-order valence-corrected chi connectivity index (χ4v) is 1.91. The molecule has 2 rings (SSSR count). The molecule has 70 valence electrons. The Balaban J connectivity index is 2.57. The number of benzene rings is 1. The minimum absolute atomic E-state index is 0.297. The zero-order valence-electron chi connectivity index (χ0n) is 7.24. The van der Waals surface area contributed by atoms with Gasteiger partial charge >= 0.3 is 0 Å². The van der Waals surface area contributed by atoms with Crippen LogP contribution in [0.25, 0.3) is 11.1 Å². The maximum absolute atomic E-state index is 13.4. The van der Waals surface area contributed by atoms with Gasteiger partial charge in [0.15, 0.2) is 0 Å². The molecule has 0 unspecified atom stereocenters. The minimum Gasteiger partial charge on any atom is -0.298 e. The van der Waals surface area contributed by atoms with Crippen LogP contribution in [0.4, 0.5) is 4.39 Å². The maximum Gasteiger partial charge on any atom is 0.150 e.